The molecule has 35 heavy (non-hydrogen) atoms. The quantitative estimate of drug-likeness (QED) is 0.251. The van der Waals surface area contributed by atoms with Gasteiger partial charge in [-0.15, -0.1) is 11.3 Å². The van der Waals surface area contributed by atoms with E-state index in [1.165, 1.54) is 19.4 Å². The Balaban J connectivity index is 2.54. The molecule has 0 aromatic carbocycles. The number of carboxylic acid groups (broad SMARTS) is 1. The van der Waals surface area contributed by atoms with Gasteiger partial charge >= 0.3 is 5.97 Å². The van der Waals surface area contributed by atoms with Gasteiger partial charge in [0, 0.05) is 17.3 Å². The number of carbonyl (C=O) groups excluding carboxylic acids is 1. The summed E-state index contributed by atoms with van der Waals surface area (Å²) in [5, 5.41) is 32.9. The Morgan fingerprint density at radius 1 is 1.23 bits per heavy atom. The van der Waals surface area contributed by atoms with Crippen molar-refractivity contribution in [1.82, 2.24) is 4.98 Å². The molecule has 0 saturated carbocycles. The minimum absolute atomic E-state index is 0.0700. The van der Waals surface area contributed by atoms with Crippen molar-refractivity contribution >= 4 is 29.2 Å². The number of rotatable bonds is 15. The minimum atomic E-state index is -1.30. The van der Waals surface area contributed by atoms with Crippen LogP contribution in [-0.2, 0) is 9.59 Å². The van der Waals surface area contributed by atoms with Crippen LogP contribution < -0.4 is 5.73 Å². The highest BCUT2D eigenvalue weighted by molar-refractivity contribution is 7.09. The third-order valence-corrected chi connectivity index (χ3v) is 7.68. The molecule has 0 aliphatic carbocycles. The van der Waals surface area contributed by atoms with Crippen LogP contribution in [-0.4, -0.2) is 50.3 Å². The first kappa shape index (κ1) is 31.2. The first-order valence-electron chi connectivity index (χ1n) is 12.3. The number of hydrogen-bond donors (Lipinski definition) is 4. The van der Waals surface area contributed by atoms with Crippen LogP contribution >= 0.6 is 11.3 Å². The zero-order chi connectivity index (χ0) is 26.9. The maximum absolute atomic E-state index is 12.9. The molecular formula is C27H44N2O5S. The molecule has 0 radical (unpaired) electrons. The molecule has 8 heteroatoms. The lowest BCUT2D eigenvalue weighted by atomic mass is 9.73. The number of aliphatic carboxylic acids is 1. The van der Waals surface area contributed by atoms with Gasteiger partial charge in [-0.2, -0.15) is 0 Å². The average Bonchev–Trinajstić information content (AvgIpc) is 3.19. The number of carboxylic acids is 1. The standard InChI is InChI=1S/C27H44N2O5S/c1-16(11-12-22(28)18(3)13-21-15-35-20(5)29-21)9-8-10-17(2)25(33)19(4)26(34)27(6,7)23(30)14-24(31)32/h11,13,15,17,19,22-23,25,30,33H,8-10,12,14,28H2,1-7H3,(H,31,32)/t17-,19+,22-,23-,25-/m0/s1. The van der Waals surface area contributed by atoms with E-state index in [-0.39, 0.29) is 17.7 Å². The molecule has 1 aromatic heterocycles. The number of aromatic nitrogens is 1. The zero-order valence-electron chi connectivity index (χ0n) is 22.2. The van der Waals surface area contributed by atoms with Crippen molar-refractivity contribution in [3.63, 3.8) is 0 Å². The van der Waals surface area contributed by atoms with Gasteiger partial charge < -0.3 is 21.1 Å². The SMILES string of the molecule is CC(=CC[C@H](N)C(C)=Cc1csc(C)n1)CCC[C@H](C)[C@H](O)[C@@H](C)C(=O)C(C)(C)[C@@H](O)CC(=O)O. The summed E-state index contributed by atoms with van der Waals surface area (Å²) in [5.74, 6) is -2.30. The van der Waals surface area contributed by atoms with Gasteiger partial charge in [0.25, 0.3) is 0 Å². The Kier molecular flexibility index (Phi) is 12.5. The number of carbonyl (C=O) groups is 2. The molecule has 1 rings (SSSR count). The van der Waals surface area contributed by atoms with Crippen molar-refractivity contribution in [3.05, 3.63) is 33.3 Å². The number of ketones is 1. The minimum Gasteiger partial charge on any atom is -0.481 e. The fourth-order valence-corrected chi connectivity index (χ4v) is 4.67. The fraction of sp³-hybridized carbons (Fsp3) is 0.667. The highest BCUT2D eigenvalue weighted by Crippen LogP contribution is 2.31. The lowest BCUT2D eigenvalue weighted by molar-refractivity contribution is -0.147. The molecule has 1 heterocycles. The maximum Gasteiger partial charge on any atom is 0.306 e. The molecule has 0 aliphatic heterocycles. The van der Waals surface area contributed by atoms with Gasteiger partial charge in [0.05, 0.1) is 34.7 Å². The summed E-state index contributed by atoms with van der Waals surface area (Å²) in [4.78, 5) is 28.3. The van der Waals surface area contributed by atoms with Crippen molar-refractivity contribution in [1.29, 1.82) is 0 Å². The van der Waals surface area contributed by atoms with Crippen LogP contribution in [0.5, 0.6) is 0 Å². The van der Waals surface area contributed by atoms with Crippen LogP contribution in [0.1, 0.15) is 84.3 Å². The van der Waals surface area contributed by atoms with Crippen LogP contribution in [0, 0.1) is 24.2 Å². The van der Waals surface area contributed by atoms with E-state index in [1.807, 2.05) is 32.2 Å². The molecule has 0 aliphatic rings. The number of nitrogens with two attached hydrogens (primary N) is 1. The second kappa shape index (κ2) is 14.0. The largest absolute Gasteiger partial charge is 0.481 e. The Morgan fingerprint density at radius 2 is 1.86 bits per heavy atom. The summed E-state index contributed by atoms with van der Waals surface area (Å²) in [7, 11) is 0. The van der Waals surface area contributed by atoms with E-state index < -0.39 is 35.9 Å². The van der Waals surface area contributed by atoms with E-state index in [9.17, 15) is 19.8 Å². The fourth-order valence-electron chi connectivity index (χ4n) is 4.10. The molecule has 0 spiro atoms. The molecule has 0 saturated heterocycles. The first-order chi connectivity index (χ1) is 16.2. The number of aliphatic hydroxyl groups is 2. The second-order valence-electron chi connectivity index (χ2n) is 10.4. The van der Waals surface area contributed by atoms with Gasteiger partial charge in [0.2, 0.25) is 0 Å². The molecule has 0 amide bonds. The van der Waals surface area contributed by atoms with Gasteiger partial charge in [0.1, 0.15) is 5.78 Å². The zero-order valence-corrected chi connectivity index (χ0v) is 23.1. The Labute approximate surface area is 214 Å². The molecule has 1 aromatic rings. The van der Waals surface area contributed by atoms with Crippen LogP contribution in [0.15, 0.2) is 22.6 Å². The van der Waals surface area contributed by atoms with E-state index in [0.717, 1.165) is 42.0 Å². The number of allylic oxidation sites excluding steroid dienone is 1. The number of hydrogen-bond acceptors (Lipinski definition) is 7. The molecule has 0 bridgehead atoms. The highest BCUT2D eigenvalue weighted by atomic mass is 32.1. The Bertz CT molecular complexity index is 905. The van der Waals surface area contributed by atoms with Crippen molar-refractivity contribution in [2.75, 3.05) is 0 Å². The van der Waals surface area contributed by atoms with Crippen molar-refractivity contribution in [3.8, 4) is 0 Å². The van der Waals surface area contributed by atoms with E-state index in [0.29, 0.717) is 0 Å². The van der Waals surface area contributed by atoms with Crippen LogP contribution in [0.2, 0.25) is 0 Å². The number of Topliss-reactive ketones (excluding diaryl/α,β-unsaturated/α-hetero) is 1. The maximum atomic E-state index is 12.9. The lowest BCUT2D eigenvalue weighted by Gasteiger charge is -2.34. The Morgan fingerprint density at radius 3 is 2.40 bits per heavy atom. The molecular weight excluding hydrogens is 464 g/mol. The number of aryl methyl sites for hydroxylation is 1. The summed E-state index contributed by atoms with van der Waals surface area (Å²) in [5.41, 5.74) is 8.35. The summed E-state index contributed by atoms with van der Waals surface area (Å²) in [6, 6.07) is -0.0700. The van der Waals surface area contributed by atoms with Gasteiger partial charge in [0.15, 0.2) is 0 Å². The van der Waals surface area contributed by atoms with Crippen molar-refractivity contribution in [2.45, 2.75) is 98.8 Å². The van der Waals surface area contributed by atoms with E-state index in [4.69, 9.17) is 10.8 Å². The van der Waals surface area contributed by atoms with Crippen molar-refractivity contribution < 1.29 is 24.9 Å². The topological polar surface area (TPSA) is 134 Å². The number of nitrogens with zero attached hydrogens (tertiary/aromatic N) is 1. The predicted molar refractivity (Wildman–Crippen MR) is 142 cm³/mol. The lowest BCUT2D eigenvalue weighted by Crippen LogP contribution is -2.45. The smallest absolute Gasteiger partial charge is 0.306 e. The van der Waals surface area contributed by atoms with Gasteiger partial charge in [-0.1, -0.05) is 44.9 Å². The predicted octanol–water partition coefficient (Wildman–Crippen LogP) is 4.75. The van der Waals surface area contributed by atoms with Gasteiger partial charge in [-0.3, -0.25) is 9.59 Å². The molecule has 5 N–H and O–H groups in total. The summed E-state index contributed by atoms with van der Waals surface area (Å²) >= 11 is 1.62. The van der Waals surface area contributed by atoms with E-state index >= 15 is 0 Å². The highest BCUT2D eigenvalue weighted by Gasteiger charge is 2.41. The van der Waals surface area contributed by atoms with Crippen molar-refractivity contribution in [2.24, 2.45) is 23.0 Å². The summed E-state index contributed by atoms with van der Waals surface area (Å²) in [6.45, 7) is 12.7. The second-order valence-corrected chi connectivity index (χ2v) is 11.5. The molecule has 7 nitrogen and oxygen atoms in total. The third kappa shape index (κ3) is 9.95. The Hall–Kier alpha value is -1.87. The summed E-state index contributed by atoms with van der Waals surface area (Å²) in [6.07, 6.45) is 4.76. The molecule has 5 atom stereocenters. The first-order valence-corrected chi connectivity index (χ1v) is 13.2. The molecule has 0 fully saturated rings. The molecule has 0 unspecified atom stereocenters. The molecule has 198 valence electrons. The van der Waals surface area contributed by atoms with Gasteiger partial charge in [-0.05, 0) is 58.4 Å². The third-order valence-electron chi connectivity index (χ3n) is 6.89. The van der Waals surface area contributed by atoms with Crippen LogP contribution in [0.4, 0.5) is 0 Å². The average molecular weight is 509 g/mol. The van der Waals surface area contributed by atoms with Crippen LogP contribution in [0.25, 0.3) is 6.08 Å². The number of aliphatic hydroxyl groups excluding tert-OH is 2. The van der Waals surface area contributed by atoms with E-state index in [1.54, 1.807) is 18.3 Å². The van der Waals surface area contributed by atoms with Crippen LogP contribution in [0.3, 0.4) is 0 Å². The number of thiazole rings is 1. The normalized spacial score (nSPS) is 17.5. The van der Waals surface area contributed by atoms with Gasteiger partial charge in [-0.25, -0.2) is 4.98 Å². The monoisotopic (exact) mass is 508 g/mol. The van der Waals surface area contributed by atoms with E-state index in [2.05, 4.69) is 18.0 Å². The summed E-state index contributed by atoms with van der Waals surface area (Å²) < 4.78 is 0.